The number of rotatable bonds is 1. The number of hydrogen-bond donors (Lipinski definition) is 0. The first-order chi connectivity index (χ1) is 7.59. The zero-order valence-corrected chi connectivity index (χ0v) is 9.06. The summed E-state index contributed by atoms with van der Waals surface area (Å²) in [6.07, 6.45) is -0.575. The topological polar surface area (TPSA) is 26.3 Å². The number of ketones is 1. The van der Waals surface area contributed by atoms with Gasteiger partial charge in [0.2, 0.25) is 0 Å². The Morgan fingerprint density at radius 3 is 2.81 bits per heavy atom. The SMILES string of the molecule is O=C1CCOC(c2c(F)ccc(Cl)c2F)C1. The third-order valence-electron chi connectivity index (χ3n) is 2.51. The van der Waals surface area contributed by atoms with Crippen LogP contribution in [-0.4, -0.2) is 12.4 Å². The molecule has 1 atom stereocenters. The molecular weight excluding hydrogens is 238 g/mol. The van der Waals surface area contributed by atoms with Gasteiger partial charge in [-0.25, -0.2) is 8.78 Å². The molecule has 0 amide bonds. The van der Waals surface area contributed by atoms with Gasteiger partial charge in [-0.3, -0.25) is 4.79 Å². The predicted molar refractivity (Wildman–Crippen MR) is 54.3 cm³/mol. The molecule has 0 N–H and O–H groups in total. The summed E-state index contributed by atoms with van der Waals surface area (Å²) < 4.78 is 32.3. The van der Waals surface area contributed by atoms with Crippen LogP contribution in [0.1, 0.15) is 24.5 Å². The van der Waals surface area contributed by atoms with E-state index in [2.05, 4.69) is 0 Å². The molecule has 2 rings (SSSR count). The molecule has 1 aromatic rings. The van der Waals surface area contributed by atoms with E-state index in [-0.39, 0.29) is 29.4 Å². The molecular formula is C11H9ClF2O2. The van der Waals surface area contributed by atoms with Gasteiger partial charge in [-0.1, -0.05) is 11.6 Å². The maximum absolute atomic E-state index is 13.6. The van der Waals surface area contributed by atoms with Crippen LogP contribution in [-0.2, 0) is 9.53 Å². The van der Waals surface area contributed by atoms with Crippen LogP contribution in [0.15, 0.2) is 12.1 Å². The second-order valence-electron chi connectivity index (χ2n) is 3.61. The van der Waals surface area contributed by atoms with Gasteiger partial charge in [0, 0.05) is 12.8 Å². The van der Waals surface area contributed by atoms with Crippen molar-refractivity contribution in [2.45, 2.75) is 18.9 Å². The summed E-state index contributed by atoms with van der Waals surface area (Å²) in [6, 6.07) is 2.21. The van der Waals surface area contributed by atoms with Gasteiger partial charge in [0.05, 0.1) is 23.3 Å². The summed E-state index contributed by atoms with van der Waals surface area (Å²) in [5.41, 5.74) is -0.249. The maximum atomic E-state index is 13.6. The van der Waals surface area contributed by atoms with Gasteiger partial charge in [0.1, 0.15) is 11.6 Å². The van der Waals surface area contributed by atoms with E-state index in [4.69, 9.17) is 16.3 Å². The molecule has 86 valence electrons. The van der Waals surface area contributed by atoms with Gasteiger partial charge in [0.25, 0.3) is 0 Å². The standard InChI is InChI=1S/C11H9ClF2O2/c12-7-1-2-8(13)10(11(7)14)9-5-6(15)3-4-16-9/h1-2,9H,3-5H2. The lowest BCUT2D eigenvalue weighted by molar-refractivity contribution is -0.128. The van der Waals surface area contributed by atoms with Crippen LogP contribution < -0.4 is 0 Å². The average molecular weight is 247 g/mol. The summed E-state index contributed by atoms with van der Waals surface area (Å²) >= 11 is 5.56. The molecule has 1 fully saturated rings. The smallest absolute Gasteiger partial charge is 0.150 e. The zero-order valence-electron chi connectivity index (χ0n) is 8.30. The first-order valence-corrected chi connectivity index (χ1v) is 5.24. The van der Waals surface area contributed by atoms with Crippen LogP contribution in [0.3, 0.4) is 0 Å². The number of carbonyl (C=O) groups excluding carboxylic acids is 1. The summed E-state index contributed by atoms with van der Waals surface area (Å²) in [5.74, 6) is -1.64. The van der Waals surface area contributed by atoms with Gasteiger partial charge in [-0.15, -0.1) is 0 Å². The van der Waals surface area contributed by atoms with Crippen LogP contribution in [0, 0.1) is 11.6 Å². The average Bonchev–Trinajstić information content (AvgIpc) is 2.24. The van der Waals surface area contributed by atoms with E-state index in [1.54, 1.807) is 0 Å². The molecule has 1 saturated heterocycles. The lowest BCUT2D eigenvalue weighted by Gasteiger charge is -2.23. The van der Waals surface area contributed by atoms with Crippen molar-refractivity contribution in [2.75, 3.05) is 6.61 Å². The molecule has 0 aromatic heterocycles. The number of Topliss-reactive ketones (excluding diaryl/α,β-unsaturated/α-hetero) is 1. The monoisotopic (exact) mass is 246 g/mol. The van der Waals surface area contributed by atoms with Crippen LogP contribution in [0.2, 0.25) is 5.02 Å². The highest BCUT2D eigenvalue weighted by Crippen LogP contribution is 2.32. The molecule has 1 aliphatic rings. The van der Waals surface area contributed by atoms with E-state index < -0.39 is 17.7 Å². The third-order valence-corrected chi connectivity index (χ3v) is 2.81. The fourth-order valence-electron chi connectivity index (χ4n) is 1.71. The van der Waals surface area contributed by atoms with E-state index in [9.17, 15) is 13.6 Å². The van der Waals surface area contributed by atoms with Crippen LogP contribution in [0.25, 0.3) is 0 Å². The normalized spacial score (nSPS) is 21.2. The molecule has 5 heteroatoms. The molecule has 1 aromatic carbocycles. The largest absolute Gasteiger partial charge is 0.372 e. The Labute approximate surface area is 96.2 Å². The highest BCUT2D eigenvalue weighted by molar-refractivity contribution is 6.30. The lowest BCUT2D eigenvalue weighted by Crippen LogP contribution is -2.21. The summed E-state index contributed by atoms with van der Waals surface area (Å²) in [5, 5.41) is -0.168. The molecule has 1 unspecified atom stereocenters. The van der Waals surface area contributed by atoms with Crippen LogP contribution >= 0.6 is 11.6 Å². The number of ether oxygens (including phenoxy) is 1. The van der Waals surface area contributed by atoms with Crippen molar-refractivity contribution in [1.82, 2.24) is 0 Å². The Bertz CT molecular complexity index is 434. The Hall–Kier alpha value is -1.000. The van der Waals surface area contributed by atoms with Gasteiger partial charge < -0.3 is 4.74 Å². The van der Waals surface area contributed by atoms with Crippen molar-refractivity contribution in [1.29, 1.82) is 0 Å². The highest BCUT2D eigenvalue weighted by atomic mass is 35.5. The number of halogens is 3. The molecule has 2 nitrogen and oxygen atoms in total. The fraction of sp³-hybridized carbons (Fsp3) is 0.364. The zero-order chi connectivity index (χ0) is 11.7. The van der Waals surface area contributed by atoms with Crippen molar-refractivity contribution >= 4 is 17.4 Å². The fourth-order valence-corrected chi connectivity index (χ4v) is 1.87. The molecule has 1 aliphatic heterocycles. The lowest BCUT2D eigenvalue weighted by atomic mass is 9.99. The van der Waals surface area contributed by atoms with E-state index in [0.29, 0.717) is 6.42 Å². The van der Waals surface area contributed by atoms with E-state index in [0.717, 1.165) is 12.1 Å². The minimum absolute atomic E-state index is 0.00577. The first kappa shape index (κ1) is 11.5. The van der Waals surface area contributed by atoms with Crippen molar-refractivity contribution in [3.8, 4) is 0 Å². The van der Waals surface area contributed by atoms with Crippen molar-refractivity contribution in [3.05, 3.63) is 34.4 Å². The molecule has 0 saturated carbocycles. The second kappa shape index (κ2) is 4.47. The van der Waals surface area contributed by atoms with Crippen molar-refractivity contribution in [2.24, 2.45) is 0 Å². The minimum Gasteiger partial charge on any atom is -0.372 e. The van der Waals surface area contributed by atoms with Gasteiger partial charge in [0.15, 0.2) is 5.82 Å². The minimum atomic E-state index is -0.861. The summed E-state index contributed by atoms with van der Waals surface area (Å²) in [4.78, 5) is 11.2. The summed E-state index contributed by atoms with van der Waals surface area (Å²) in [7, 11) is 0. The molecule has 0 aliphatic carbocycles. The van der Waals surface area contributed by atoms with Crippen molar-refractivity contribution < 1.29 is 18.3 Å². The van der Waals surface area contributed by atoms with E-state index in [1.165, 1.54) is 0 Å². The third kappa shape index (κ3) is 2.08. The molecule has 0 spiro atoms. The van der Waals surface area contributed by atoms with Gasteiger partial charge >= 0.3 is 0 Å². The summed E-state index contributed by atoms with van der Waals surface area (Å²) in [6.45, 7) is 0.189. The van der Waals surface area contributed by atoms with Gasteiger partial charge in [-0.2, -0.15) is 0 Å². The van der Waals surface area contributed by atoms with Crippen molar-refractivity contribution in [3.63, 3.8) is 0 Å². The molecule has 0 bridgehead atoms. The highest BCUT2D eigenvalue weighted by Gasteiger charge is 2.28. The van der Waals surface area contributed by atoms with E-state index in [1.807, 2.05) is 0 Å². The van der Waals surface area contributed by atoms with E-state index >= 15 is 0 Å². The first-order valence-electron chi connectivity index (χ1n) is 4.86. The van der Waals surface area contributed by atoms with Gasteiger partial charge in [-0.05, 0) is 12.1 Å². The quantitative estimate of drug-likeness (QED) is 0.712. The molecule has 1 heterocycles. The Kier molecular flexibility index (Phi) is 3.21. The van der Waals surface area contributed by atoms with Crippen LogP contribution in [0.5, 0.6) is 0 Å². The molecule has 16 heavy (non-hydrogen) atoms. The maximum Gasteiger partial charge on any atom is 0.150 e. The number of benzene rings is 1. The van der Waals surface area contributed by atoms with Crippen LogP contribution in [0.4, 0.5) is 8.78 Å². The number of carbonyl (C=O) groups is 1. The number of hydrogen-bond acceptors (Lipinski definition) is 2. The predicted octanol–water partition coefficient (Wildman–Crippen LogP) is 3.04. The second-order valence-corrected chi connectivity index (χ2v) is 4.02. The Balaban J connectivity index is 2.39. The Morgan fingerprint density at radius 1 is 1.38 bits per heavy atom. The molecule has 0 radical (unpaired) electrons. The Morgan fingerprint density at radius 2 is 2.12 bits per heavy atom.